The first-order valence-electron chi connectivity index (χ1n) is 6.61. The van der Waals surface area contributed by atoms with Crippen molar-refractivity contribution < 1.29 is 4.74 Å². The fourth-order valence-corrected chi connectivity index (χ4v) is 2.91. The maximum Gasteiger partial charge on any atom is 0.139 e. The summed E-state index contributed by atoms with van der Waals surface area (Å²) in [6.45, 7) is 2.44. The second kappa shape index (κ2) is 7.37. The van der Waals surface area contributed by atoms with E-state index in [0.717, 1.165) is 11.1 Å². The van der Waals surface area contributed by atoms with Gasteiger partial charge in [0.2, 0.25) is 0 Å². The molecule has 0 aliphatic heterocycles. The number of hydrogen-bond donors (Lipinski definition) is 1. The highest BCUT2D eigenvalue weighted by atomic mass is 35.5. The van der Waals surface area contributed by atoms with E-state index in [4.69, 9.17) is 39.5 Å². The Morgan fingerprint density at radius 3 is 2.48 bits per heavy atom. The summed E-state index contributed by atoms with van der Waals surface area (Å²) in [5, 5.41) is 5.06. The van der Waals surface area contributed by atoms with Crippen LogP contribution in [0, 0.1) is 0 Å². The van der Waals surface area contributed by atoms with Crippen LogP contribution in [0.4, 0.5) is 0 Å². The molecule has 1 N–H and O–H groups in total. The summed E-state index contributed by atoms with van der Waals surface area (Å²) >= 11 is 18.7. The van der Waals surface area contributed by atoms with Gasteiger partial charge in [-0.25, -0.2) is 0 Å². The Kier molecular flexibility index (Phi) is 5.77. The van der Waals surface area contributed by atoms with E-state index in [0.29, 0.717) is 27.4 Å². The summed E-state index contributed by atoms with van der Waals surface area (Å²) in [6.07, 6.45) is 0. The Bertz CT molecular complexity index is 631. The molecule has 0 saturated heterocycles. The molecule has 0 radical (unpaired) electrons. The summed E-state index contributed by atoms with van der Waals surface area (Å²) in [4.78, 5) is 0. The third kappa shape index (κ3) is 3.83. The summed E-state index contributed by atoms with van der Waals surface area (Å²) in [5.74, 6) is 0.592. The zero-order chi connectivity index (χ0) is 15.4. The van der Waals surface area contributed by atoms with Crippen LogP contribution >= 0.6 is 34.8 Å². The number of nitrogens with one attached hydrogen (secondary N) is 1. The van der Waals surface area contributed by atoms with Gasteiger partial charge in [0.05, 0.1) is 17.7 Å². The average molecular weight is 345 g/mol. The highest BCUT2D eigenvalue weighted by Gasteiger charge is 2.18. The van der Waals surface area contributed by atoms with Crippen molar-refractivity contribution in [2.45, 2.75) is 13.0 Å². The highest BCUT2D eigenvalue weighted by Crippen LogP contribution is 2.36. The van der Waals surface area contributed by atoms with E-state index >= 15 is 0 Å². The second-order valence-electron chi connectivity index (χ2n) is 4.51. The van der Waals surface area contributed by atoms with Crippen molar-refractivity contribution in [1.82, 2.24) is 5.32 Å². The lowest BCUT2D eigenvalue weighted by atomic mass is 9.98. The minimum Gasteiger partial charge on any atom is -0.492 e. The first-order valence-corrected chi connectivity index (χ1v) is 7.74. The van der Waals surface area contributed by atoms with Crippen LogP contribution in [-0.4, -0.2) is 13.7 Å². The Hall–Kier alpha value is -0.930. The SMILES string of the molecule is CCOc1cc(Cl)c(C(NC)c2cccc(Cl)c2)cc1Cl. The molecule has 0 fully saturated rings. The molecule has 0 bridgehead atoms. The average Bonchev–Trinajstić information content (AvgIpc) is 2.45. The molecule has 0 amide bonds. The number of hydrogen-bond acceptors (Lipinski definition) is 2. The van der Waals surface area contributed by atoms with Gasteiger partial charge in [0.15, 0.2) is 0 Å². The number of ether oxygens (including phenoxy) is 1. The third-order valence-electron chi connectivity index (χ3n) is 3.13. The molecule has 0 saturated carbocycles. The van der Waals surface area contributed by atoms with Crippen molar-refractivity contribution in [2.75, 3.05) is 13.7 Å². The molecule has 1 unspecified atom stereocenters. The Morgan fingerprint density at radius 1 is 1.10 bits per heavy atom. The predicted molar refractivity (Wildman–Crippen MR) is 90.0 cm³/mol. The Balaban J connectivity index is 2.45. The summed E-state index contributed by atoms with van der Waals surface area (Å²) in [5.41, 5.74) is 1.90. The van der Waals surface area contributed by atoms with Gasteiger partial charge < -0.3 is 10.1 Å². The molecule has 0 spiro atoms. The van der Waals surface area contributed by atoms with E-state index in [1.165, 1.54) is 0 Å². The third-order valence-corrected chi connectivity index (χ3v) is 3.99. The smallest absolute Gasteiger partial charge is 0.139 e. The standard InChI is InChI=1S/C16H16Cl3NO/c1-3-21-15-9-13(18)12(8-14(15)19)16(20-2)10-5-4-6-11(17)7-10/h4-9,16,20H,3H2,1-2H3. The molecule has 0 aromatic heterocycles. The Morgan fingerprint density at radius 2 is 1.86 bits per heavy atom. The van der Waals surface area contributed by atoms with E-state index in [1.54, 1.807) is 6.07 Å². The van der Waals surface area contributed by atoms with Gasteiger partial charge in [-0.3, -0.25) is 0 Å². The fourth-order valence-electron chi connectivity index (χ4n) is 2.22. The van der Waals surface area contributed by atoms with Crippen LogP contribution in [-0.2, 0) is 0 Å². The van der Waals surface area contributed by atoms with Crippen molar-refractivity contribution in [3.8, 4) is 5.75 Å². The topological polar surface area (TPSA) is 21.3 Å². The van der Waals surface area contributed by atoms with Gasteiger partial charge >= 0.3 is 0 Å². The minimum absolute atomic E-state index is 0.0932. The van der Waals surface area contributed by atoms with E-state index in [9.17, 15) is 0 Å². The van der Waals surface area contributed by atoms with E-state index in [-0.39, 0.29) is 6.04 Å². The molecule has 2 aromatic carbocycles. The van der Waals surface area contributed by atoms with Crippen LogP contribution in [0.1, 0.15) is 24.1 Å². The molecule has 2 aromatic rings. The lowest BCUT2D eigenvalue weighted by Gasteiger charge is -2.20. The van der Waals surface area contributed by atoms with Gasteiger partial charge in [-0.2, -0.15) is 0 Å². The van der Waals surface area contributed by atoms with Crippen LogP contribution in [0.5, 0.6) is 5.75 Å². The van der Waals surface area contributed by atoms with Crippen molar-refractivity contribution >= 4 is 34.8 Å². The number of benzene rings is 2. The largest absolute Gasteiger partial charge is 0.492 e. The van der Waals surface area contributed by atoms with Gasteiger partial charge in [0, 0.05) is 16.1 Å². The monoisotopic (exact) mass is 343 g/mol. The van der Waals surface area contributed by atoms with Gasteiger partial charge in [-0.05, 0) is 43.3 Å². The molecule has 0 heterocycles. The van der Waals surface area contributed by atoms with Crippen LogP contribution in [0.2, 0.25) is 15.1 Å². The molecule has 21 heavy (non-hydrogen) atoms. The molecule has 5 heteroatoms. The predicted octanol–water partition coefficient (Wildman–Crippen LogP) is 5.35. The highest BCUT2D eigenvalue weighted by molar-refractivity contribution is 6.34. The molecule has 1 atom stereocenters. The maximum absolute atomic E-state index is 6.39. The maximum atomic E-state index is 6.39. The molecule has 0 aliphatic rings. The van der Waals surface area contributed by atoms with Crippen molar-refractivity contribution in [3.63, 3.8) is 0 Å². The quantitative estimate of drug-likeness (QED) is 0.789. The summed E-state index contributed by atoms with van der Waals surface area (Å²) in [7, 11) is 1.87. The first-order chi connectivity index (χ1) is 10.1. The van der Waals surface area contributed by atoms with E-state index in [1.807, 2.05) is 44.3 Å². The normalized spacial score (nSPS) is 12.2. The molecular formula is C16H16Cl3NO. The zero-order valence-corrected chi connectivity index (χ0v) is 14.1. The first kappa shape index (κ1) is 16.4. The van der Waals surface area contributed by atoms with Crippen molar-refractivity contribution in [2.24, 2.45) is 0 Å². The van der Waals surface area contributed by atoms with Gasteiger partial charge in [-0.15, -0.1) is 0 Å². The van der Waals surface area contributed by atoms with Crippen LogP contribution in [0.15, 0.2) is 36.4 Å². The van der Waals surface area contributed by atoms with E-state index < -0.39 is 0 Å². The molecule has 2 nitrogen and oxygen atoms in total. The van der Waals surface area contributed by atoms with Gasteiger partial charge in [0.25, 0.3) is 0 Å². The molecule has 112 valence electrons. The van der Waals surface area contributed by atoms with Crippen molar-refractivity contribution in [1.29, 1.82) is 0 Å². The molecule has 0 aliphatic carbocycles. The van der Waals surface area contributed by atoms with Gasteiger partial charge in [0.1, 0.15) is 5.75 Å². The molecule has 2 rings (SSSR count). The number of halogens is 3. The summed E-state index contributed by atoms with van der Waals surface area (Å²) < 4.78 is 5.45. The lowest BCUT2D eigenvalue weighted by Crippen LogP contribution is -2.18. The van der Waals surface area contributed by atoms with Gasteiger partial charge in [-0.1, -0.05) is 46.9 Å². The Labute approximate surface area is 140 Å². The summed E-state index contributed by atoms with van der Waals surface area (Å²) in [6, 6.07) is 11.1. The zero-order valence-electron chi connectivity index (χ0n) is 11.8. The van der Waals surface area contributed by atoms with Crippen LogP contribution in [0.25, 0.3) is 0 Å². The second-order valence-corrected chi connectivity index (χ2v) is 5.76. The van der Waals surface area contributed by atoms with Crippen LogP contribution < -0.4 is 10.1 Å². The fraction of sp³-hybridized carbons (Fsp3) is 0.250. The van der Waals surface area contributed by atoms with Crippen LogP contribution in [0.3, 0.4) is 0 Å². The van der Waals surface area contributed by atoms with E-state index in [2.05, 4.69) is 5.32 Å². The number of rotatable bonds is 5. The van der Waals surface area contributed by atoms with Crippen molar-refractivity contribution in [3.05, 3.63) is 62.6 Å². The lowest BCUT2D eigenvalue weighted by molar-refractivity contribution is 0.340. The molecular weight excluding hydrogens is 329 g/mol. The minimum atomic E-state index is -0.0932.